The average molecular weight is 457 g/mol. The number of rotatable bonds is 6. The van der Waals surface area contributed by atoms with Gasteiger partial charge in [-0.2, -0.15) is 9.40 Å². The molecule has 1 aliphatic rings. The van der Waals surface area contributed by atoms with Crippen molar-refractivity contribution in [2.75, 3.05) is 6.54 Å². The van der Waals surface area contributed by atoms with Crippen LogP contribution in [0.3, 0.4) is 0 Å². The number of halogens is 1. The minimum Gasteiger partial charge on any atom is -0.350 e. The molecule has 2 heterocycles. The van der Waals surface area contributed by atoms with Crippen LogP contribution in [-0.4, -0.2) is 41.0 Å². The lowest BCUT2D eigenvalue weighted by molar-refractivity contribution is -0.124. The van der Waals surface area contributed by atoms with Crippen molar-refractivity contribution in [3.63, 3.8) is 0 Å². The number of benzene rings is 2. The third-order valence-corrected chi connectivity index (χ3v) is 7.73. The van der Waals surface area contributed by atoms with Crippen molar-refractivity contribution >= 4 is 15.9 Å². The van der Waals surface area contributed by atoms with E-state index in [2.05, 4.69) is 10.4 Å². The number of aryl methyl sites for hydroxylation is 1. The normalized spacial score (nSPS) is 16.9. The van der Waals surface area contributed by atoms with E-state index in [0.29, 0.717) is 12.8 Å². The second kappa shape index (κ2) is 8.84. The Kier molecular flexibility index (Phi) is 6.12. The summed E-state index contributed by atoms with van der Waals surface area (Å²) in [5, 5.41) is 7.48. The van der Waals surface area contributed by atoms with E-state index in [1.807, 2.05) is 48.9 Å². The monoisotopic (exact) mass is 456 g/mol. The molecular weight excluding hydrogens is 431 g/mol. The van der Waals surface area contributed by atoms with Crippen LogP contribution in [0.4, 0.5) is 4.39 Å². The third-order valence-electron chi connectivity index (χ3n) is 5.81. The summed E-state index contributed by atoms with van der Waals surface area (Å²) < 4.78 is 42.3. The van der Waals surface area contributed by atoms with Gasteiger partial charge in [-0.15, -0.1) is 0 Å². The molecular formula is C23H25FN4O3S. The number of nitrogens with one attached hydrogen (secondary N) is 1. The van der Waals surface area contributed by atoms with E-state index in [1.54, 1.807) is 0 Å². The van der Waals surface area contributed by atoms with Crippen LogP contribution in [0, 0.1) is 19.7 Å². The van der Waals surface area contributed by atoms with Gasteiger partial charge in [0.1, 0.15) is 11.9 Å². The molecule has 9 heteroatoms. The zero-order chi connectivity index (χ0) is 22.9. The van der Waals surface area contributed by atoms with Crippen molar-refractivity contribution in [1.82, 2.24) is 19.4 Å². The van der Waals surface area contributed by atoms with Crippen molar-refractivity contribution in [3.05, 3.63) is 77.4 Å². The molecule has 2 aromatic carbocycles. The fourth-order valence-electron chi connectivity index (χ4n) is 4.08. The highest BCUT2D eigenvalue weighted by Crippen LogP contribution is 2.27. The van der Waals surface area contributed by atoms with Crippen LogP contribution in [0.25, 0.3) is 5.69 Å². The van der Waals surface area contributed by atoms with Gasteiger partial charge in [0.2, 0.25) is 15.9 Å². The topological polar surface area (TPSA) is 84.3 Å². The molecule has 32 heavy (non-hydrogen) atoms. The van der Waals surface area contributed by atoms with Gasteiger partial charge in [-0.05, 0) is 63.1 Å². The summed E-state index contributed by atoms with van der Waals surface area (Å²) in [4.78, 5) is 12.9. The summed E-state index contributed by atoms with van der Waals surface area (Å²) in [7, 11) is -3.89. The van der Waals surface area contributed by atoms with E-state index in [9.17, 15) is 17.6 Å². The molecule has 3 aromatic rings. The smallest absolute Gasteiger partial charge is 0.243 e. The van der Waals surface area contributed by atoms with Crippen molar-refractivity contribution in [1.29, 1.82) is 0 Å². The highest BCUT2D eigenvalue weighted by Gasteiger charge is 2.39. The van der Waals surface area contributed by atoms with Gasteiger partial charge in [-0.3, -0.25) is 4.79 Å². The Morgan fingerprint density at radius 3 is 2.50 bits per heavy atom. The molecule has 1 fully saturated rings. The number of aromatic nitrogens is 2. The molecule has 1 N–H and O–H groups in total. The second-order valence-electron chi connectivity index (χ2n) is 7.84. The number of sulfonamides is 1. The summed E-state index contributed by atoms with van der Waals surface area (Å²) in [5.74, 6) is -0.860. The van der Waals surface area contributed by atoms with Crippen LogP contribution in [0.1, 0.15) is 29.8 Å². The molecule has 4 rings (SSSR count). The predicted octanol–water partition coefficient (Wildman–Crippen LogP) is 3.10. The Bertz CT molecular complexity index is 1220. The standard InChI is InChI=1S/C23H25FN4O3S/c1-16-21(17(2)28(26-16)19-7-4-3-5-8-19)15-25-23(29)22-9-6-14-27(22)32(30,31)20-12-10-18(24)11-13-20/h3-5,7-8,10-13,22H,6,9,14-15H2,1-2H3,(H,25,29). The number of hydrogen-bond donors (Lipinski definition) is 1. The van der Waals surface area contributed by atoms with Gasteiger partial charge in [0.15, 0.2) is 0 Å². The van der Waals surface area contributed by atoms with Gasteiger partial charge < -0.3 is 5.32 Å². The number of para-hydroxylation sites is 1. The predicted molar refractivity (Wildman–Crippen MR) is 118 cm³/mol. The quantitative estimate of drug-likeness (QED) is 0.618. The number of nitrogens with zero attached hydrogens (tertiary/aromatic N) is 3. The molecule has 0 bridgehead atoms. The van der Waals surface area contributed by atoms with Gasteiger partial charge in [-0.25, -0.2) is 17.5 Å². The van der Waals surface area contributed by atoms with Crippen molar-refractivity contribution < 1.29 is 17.6 Å². The second-order valence-corrected chi connectivity index (χ2v) is 9.73. The number of hydrogen-bond acceptors (Lipinski definition) is 4. The molecule has 1 amide bonds. The molecule has 1 unspecified atom stereocenters. The van der Waals surface area contributed by atoms with E-state index in [1.165, 1.54) is 16.4 Å². The van der Waals surface area contributed by atoms with Crippen molar-refractivity contribution in [3.8, 4) is 5.69 Å². The minimum absolute atomic E-state index is 0.0190. The maximum absolute atomic E-state index is 13.2. The molecule has 0 spiro atoms. The zero-order valence-corrected chi connectivity index (χ0v) is 18.8. The van der Waals surface area contributed by atoms with Crippen molar-refractivity contribution in [2.24, 2.45) is 0 Å². The number of carbonyl (C=O) groups is 1. The van der Waals surface area contributed by atoms with Crippen LogP contribution < -0.4 is 5.32 Å². The molecule has 168 valence electrons. The zero-order valence-electron chi connectivity index (χ0n) is 18.0. The summed E-state index contributed by atoms with van der Waals surface area (Å²) >= 11 is 0. The lowest BCUT2D eigenvalue weighted by Gasteiger charge is -2.23. The molecule has 0 saturated carbocycles. The summed E-state index contributed by atoms with van der Waals surface area (Å²) in [5.41, 5.74) is 3.54. The van der Waals surface area contributed by atoms with E-state index in [4.69, 9.17) is 0 Å². The SMILES string of the molecule is Cc1nn(-c2ccccc2)c(C)c1CNC(=O)C1CCCN1S(=O)(=O)c1ccc(F)cc1. The lowest BCUT2D eigenvalue weighted by Crippen LogP contribution is -2.45. The van der Waals surface area contributed by atoms with Crippen LogP contribution in [0.2, 0.25) is 0 Å². The Morgan fingerprint density at radius 2 is 1.81 bits per heavy atom. The Morgan fingerprint density at radius 1 is 1.12 bits per heavy atom. The van der Waals surface area contributed by atoms with E-state index < -0.39 is 21.9 Å². The van der Waals surface area contributed by atoms with Crippen LogP contribution in [-0.2, 0) is 21.4 Å². The lowest BCUT2D eigenvalue weighted by atomic mass is 10.1. The summed E-state index contributed by atoms with van der Waals surface area (Å²) in [6.45, 7) is 4.33. The molecule has 0 radical (unpaired) electrons. The molecule has 1 aromatic heterocycles. The van der Waals surface area contributed by atoms with Gasteiger partial charge in [0.05, 0.1) is 16.3 Å². The van der Waals surface area contributed by atoms with Crippen LogP contribution in [0.5, 0.6) is 0 Å². The first-order chi connectivity index (χ1) is 15.3. The van der Waals surface area contributed by atoms with Gasteiger partial charge >= 0.3 is 0 Å². The molecule has 0 aliphatic carbocycles. The maximum atomic E-state index is 13.2. The van der Waals surface area contributed by atoms with Crippen LogP contribution in [0.15, 0.2) is 59.5 Å². The fourth-order valence-corrected chi connectivity index (χ4v) is 5.73. The molecule has 1 atom stereocenters. The van der Waals surface area contributed by atoms with Crippen LogP contribution >= 0.6 is 0 Å². The number of carbonyl (C=O) groups excluding carboxylic acids is 1. The van der Waals surface area contributed by atoms with Crippen molar-refractivity contribution in [2.45, 2.75) is 44.2 Å². The summed E-state index contributed by atoms with van der Waals surface area (Å²) in [6, 6.07) is 13.6. The van der Waals surface area contributed by atoms with Gasteiger partial charge in [-0.1, -0.05) is 18.2 Å². The van der Waals surface area contributed by atoms with Gasteiger partial charge in [0, 0.05) is 24.3 Å². The van der Waals surface area contributed by atoms with E-state index in [0.717, 1.165) is 34.8 Å². The molecule has 7 nitrogen and oxygen atoms in total. The highest BCUT2D eigenvalue weighted by atomic mass is 32.2. The Hall–Kier alpha value is -3.04. The first-order valence-corrected chi connectivity index (χ1v) is 11.9. The summed E-state index contributed by atoms with van der Waals surface area (Å²) in [6.07, 6.45) is 1.02. The first kappa shape index (κ1) is 22.2. The minimum atomic E-state index is -3.89. The first-order valence-electron chi connectivity index (χ1n) is 10.4. The molecule has 1 aliphatic heterocycles. The highest BCUT2D eigenvalue weighted by molar-refractivity contribution is 7.89. The number of amides is 1. The molecule has 1 saturated heterocycles. The Balaban J connectivity index is 1.50. The maximum Gasteiger partial charge on any atom is 0.243 e. The fraction of sp³-hybridized carbons (Fsp3) is 0.304. The van der Waals surface area contributed by atoms with E-state index >= 15 is 0 Å². The van der Waals surface area contributed by atoms with Gasteiger partial charge in [0.25, 0.3) is 0 Å². The van der Waals surface area contributed by atoms with E-state index in [-0.39, 0.29) is 23.9 Å². The Labute approximate surface area is 186 Å². The third kappa shape index (κ3) is 4.18. The average Bonchev–Trinajstić information content (AvgIpc) is 3.39. The largest absolute Gasteiger partial charge is 0.350 e.